The van der Waals surface area contributed by atoms with E-state index >= 15 is 0 Å². The van der Waals surface area contributed by atoms with Gasteiger partial charge in [-0.25, -0.2) is 9.59 Å². The molecular formula is C15H20N2O5. The summed E-state index contributed by atoms with van der Waals surface area (Å²) in [6.45, 7) is 4.14. The van der Waals surface area contributed by atoms with Crippen molar-refractivity contribution in [3.05, 3.63) is 23.8 Å². The third-order valence-corrected chi connectivity index (χ3v) is 3.66. The Morgan fingerprint density at radius 3 is 2.73 bits per heavy atom. The molecule has 7 heteroatoms. The Bertz CT molecular complexity index is 561. The minimum absolute atomic E-state index is 0.145. The molecule has 1 heterocycles. The molecule has 1 aromatic rings. The van der Waals surface area contributed by atoms with Gasteiger partial charge >= 0.3 is 12.0 Å². The average Bonchev–Trinajstić information content (AvgIpc) is 2.97. The van der Waals surface area contributed by atoms with Crippen LogP contribution in [-0.2, 0) is 11.3 Å². The number of urea groups is 1. The highest BCUT2D eigenvalue weighted by Crippen LogP contribution is 2.32. The molecule has 0 aliphatic carbocycles. The van der Waals surface area contributed by atoms with Crippen molar-refractivity contribution < 1.29 is 24.2 Å². The third-order valence-electron chi connectivity index (χ3n) is 3.66. The van der Waals surface area contributed by atoms with Crippen LogP contribution in [0.1, 0.15) is 25.8 Å². The van der Waals surface area contributed by atoms with Gasteiger partial charge in [-0.2, -0.15) is 0 Å². The van der Waals surface area contributed by atoms with E-state index in [0.29, 0.717) is 17.9 Å². The van der Waals surface area contributed by atoms with Crippen molar-refractivity contribution in [2.24, 2.45) is 5.92 Å². The van der Waals surface area contributed by atoms with Crippen LogP contribution in [0.4, 0.5) is 4.79 Å². The second kappa shape index (κ2) is 7.02. The zero-order chi connectivity index (χ0) is 16.1. The third kappa shape index (κ3) is 3.81. The number of hydrogen-bond donors (Lipinski definition) is 3. The Hall–Kier alpha value is -2.44. The maximum absolute atomic E-state index is 11.8. The number of rotatable bonds is 6. The van der Waals surface area contributed by atoms with Crippen molar-refractivity contribution in [3.63, 3.8) is 0 Å². The van der Waals surface area contributed by atoms with Gasteiger partial charge in [0.05, 0.1) is 0 Å². The first-order valence-electron chi connectivity index (χ1n) is 7.17. The summed E-state index contributed by atoms with van der Waals surface area (Å²) in [5.41, 5.74) is 0.842. The van der Waals surface area contributed by atoms with Crippen LogP contribution in [0.5, 0.6) is 11.5 Å². The van der Waals surface area contributed by atoms with E-state index in [2.05, 4.69) is 10.6 Å². The normalized spacial score (nSPS) is 15.0. The van der Waals surface area contributed by atoms with Crippen molar-refractivity contribution in [1.82, 2.24) is 10.6 Å². The van der Waals surface area contributed by atoms with Crippen LogP contribution in [0, 0.1) is 5.92 Å². The van der Waals surface area contributed by atoms with E-state index < -0.39 is 18.0 Å². The van der Waals surface area contributed by atoms with Gasteiger partial charge in [0.2, 0.25) is 6.79 Å². The van der Waals surface area contributed by atoms with E-state index in [4.69, 9.17) is 14.6 Å². The molecule has 7 nitrogen and oxygen atoms in total. The summed E-state index contributed by atoms with van der Waals surface area (Å²) < 4.78 is 10.5. The summed E-state index contributed by atoms with van der Waals surface area (Å²) in [6, 6.07) is 3.96. The second-order valence-corrected chi connectivity index (χ2v) is 5.22. The molecule has 0 fully saturated rings. The molecule has 0 saturated heterocycles. The van der Waals surface area contributed by atoms with Gasteiger partial charge < -0.3 is 25.2 Å². The monoisotopic (exact) mass is 308 g/mol. The predicted octanol–water partition coefficient (Wildman–Crippen LogP) is 1.71. The summed E-state index contributed by atoms with van der Waals surface area (Å²) >= 11 is 0. The van der Waals surface area contributed by atoms with Crippen LogP contribution in [0.3, 0.4) is 0 Å². The predicted molar refractivity (Wildman–Crippen MR) is 78.8 cm³/mol. The molecule has 0 spiro atoms. The van der Waals surface area contributed by atoms with Gasteiger partial charge in [0.25, 0.3) is 0 Å². The lowest BCUT2D eigenvalue weighted by molar-refractivity contribution is -0.140. The van der Waals surface area contributed by atoms with E-state index in [9.17, 15) is 9.59 Å². The summed E-state index contributed by atoms with van der Waals surface area (Å²) in [5.74, 6) is 0.139. The first kappa shape index (κ1) is 15.9. The van der Waals surface area contributed by atoms with Crippen molar-refractivity contribution in [2.45, 2.75) is 32.9 Å². The minimum atomic E-state index is -1.03. The minimum Gasteiger partial charge on any atom is -0.480 e. The van der Waals surface area contributed by atoms with Gasteiger partial charge in [-0.1, -0.05) is 26.3 Å². The molecule has 2 rings (SSSR count). The standard InChI is InChI=1S/C15H20N2O5/c1-3-9(2)13(14(18)19)17-15(20)16-7-10-4-5-11-12(6-10)22-8-21-11/h4-6,9,13H,3,7-8H2,1-2H3,(H,18,19)(H2,16,17,20). The fourth-order valence-corrected chi connectivity index (χ4v) is 2.11. The van der Waals surface area contributed by atoms with E-state index in [1.165, 1.54) is 0 Å². The molecule has 2 atom stereocenters. The molecule has 0 radical (unpaired) electrons. The van der Waals surface area contributed by atoms with Gasteiger partial charge in [-0.15, -0.1) is 0 Å². The second-order valence-electron chi connectivity index (χ2n) is 5.22. The Morgan fingerprint density at radius 1 is 1.32 bits per heavy atom. The van der Waals surface area contributed by atoms with Crippen molar-refractivity contribution in [3.8, 4) is 11.5 Å². The molecule has 0 saturated carbocycles. The molecule has 22 heavy (non-hydrogen) atoms. The molecule has 1 aliphatic rings. The molecular weight excluding hydrogens is 288 g/mol. The number of nitrogens with one attached hydrogen (secondary N) is 2. The molecule has 2 amide bonds. The Labute approximate surface area is 128 Å². The largest absolute Gasteiger partial charge is 0.480 e. The van der Waals surface area contributed by atoms with Gasteiger partial charge in [-0.3, -0.25) is 0 Å². The summed E-state index contributed by atoms with van der Waals surface area (Å²) in [7, 11) is 0. The number of fused-ring (bicyclic) bond motifs is 1. The maximum Gasteiger partial charge on any atom is 0.326 e. The fraction of sp³-hybridized carbons (Fsp3) is 0.467. The molecule has 0 aromatic heterocycles. The van der Waals surface area contributed by atoms with Crippen LogP contribution < -0.4 is 20.1 Å². The summed E-state index contributed by atoms with van der Waals surface area (Å²) in [4.78, 5) is 23.0. The summed E-state index contributed by atoms with van der Waals surface area (Å²) in [5, 5.41) is 14.3. The highest BCUT2D eigenvalue weighted by atomic mass is 16.7. The molecule has 0 bridgehead atoms. The van der Waals surface area contributed by atoms with Crippen LogP contribution in [0.15, 0.2) is 18.2 Å². The zero-order valence-electron chi connectivity index (χ0n) is 12.6. The number of amides is 2. The lowest BCUT2D eigenvalue weighted by atomic mass is 9.99. The number of carbonyl (C=O) groups excluding carboxylic acids is 1. The smallest absolute Gasteiger partial charge is 0.326 e. The number of carbonyl (C=O) groups is 2. The Balaban J connectivity index is 1.88. The average molecular weight is 308 g/mol. The molecule has 120 valence electrons. The molecule has 2 unspecified atom stereocenters. The fourth-order valence-electron chi connectivity index (χ4n) is 2.11. The highest BCUT2D eigenvalue weighted by molar-refractivity contribution is 5.82. The number of carboxylic acid groups (broad SMARTS) is 1. The van der Waals surface area contributed by atoms with Crippen LogP contribution in [-0.4, -0.2) is 29.9 Å². The van der Waals surface area contributed by atoms with Crippen LogP contribution in [0.2, 0.25) is 0 Å². The number of aliphatic carboxylic acids is 1. The number of benzene rings is 1. The number of carboxylic acids is 1. The maximum atomic E-state index is 11.8. The molecule has 3 N–H and O–H groups in total. The lowest BCUT2D eigenvalue weighted by Gasteiger charge is -2.20. The summed E-state index contributed by atoms with van der Waals surface area (Å²) in [6.07, 6.45) is 0.666. The van der Waals surface area contributed by atoms with Crippen LogP contribution >= 0.6 is 0 Å². The highest BCUT2D eigenvalue weighted by Gasteiger charge is 2.25. The van der Waals surface area contributed by atoms with E-state index in [1.54, 1.807) is 19.1 Å². The van der Waals surface area contributed by atoms with Gasteiger partial charge in [0.1, 0.15) is 6.04 Å². The van der Waals surface area contributed by atoms with Crippen LogP contribution in [0.25, 0.3) is 0 Å². The van der Waals surface area contributed by atoms with E-state index in [0.717, 1.165) is 5.56 Å². The Kier molecular flexibility index (Phi) is 5.08. The van der Waals surface area contributed by atoms with E-state index in [1.807, 2.05) is 13.0 Å². The molecule has 1 aromatic carbocycles. The lowest BCUT2D eigenvalue weighted by Crippen LogP contribution is -2.48. The van der Waals surface area contributed by atoms with Gasteiger partial charge in [0, 0.05) is 6.54 Å². The van der Waals surface area contributed by atoms with E-state index in [-0.39, 0.29) is 19.3 Å². The van der Waals surface area contributed by atoms with Gasteiger partial charge in [0.15, 0.2) is 11.5 Å². The first-order chi connectivity index (χ1) is 10.5. The SMILES string of the molecule is CCC(C)C(NC(=O)NCc1ccc2c(c1)OCO2)C(=O)O. The van der Waals surface area contributed by atoms with Gasteiger partial charge in [-0.05, 0) is 23.6 Å². The number of hydrogen-bond acceptors (Lipinski definition) is 4. The van der Waals surface area contributed by atoms with Crippen molar-refractivity contribution >= 4 is 12.0 Å². The molecule has 1 aliphatic heterocycles. The topological polar surface area (TPSA) is 96.9 Å². The zero-order valence-corrected chi connectivity index (χ0v) is 12.6. The quantitative estimate of drug-likeness (QED) is 0.743. The Morgan fingerprint density at radius 2 is 2.05 bits per heavy atom. The first-order valence-corrected chi connectivity index (χ1v) is 7.17. The van der Waals surface area contributed by atoms with Crippen molar-refractivity contribution in [1.29, 1.82) is 0 Å². The van der Waals surface area contributed by atoms with Crippen molar-refractivity contribution in [2.75, 3.05) is 6.79 Å². The number of ether oxygens (including phenoxy) is 2.